The van der Waals surface area contributed by atoms with Gasteiger partial charge in [-0.3, -0.25) is 4.79 Å². The number of benzene rings is 1. The van der Waals surface area contributed by atoms with Crippen molar-refractivity contribution in [2.24, 2.45) is 0 Å². The molecule has 4 rings (SSSR count). The van der Waals surface area contributed by atoms with Crippen molar-refractivity contribution in [3.63, 3.8) is 0 Å². The molecule has 8 nitrogen and oxygen atoms in total. The molecule has 30 heavy (non-hydrogen) atoms. The Balaban J connectivity index is 1.43. The van der Waals surface area contributed by atoms with E-state index >= 15 is 0 Å². The number of aromatic nitrogens is 6. The van der Waals surface area contributed by atoms with E-state index in [9.17, 15) is 9.18 Å². The van der Waals surface area contributed by atoms with E-state index in [0.29, 0.717) is 17.2 Å². The fourth-order valence-electron chi connectivity index (χ4n) is 2.95. The molecule has 0 spiro atoms. The number of nitrogens with one attached hydrogen (secondary N) is 1. The summed E-state index contributed by atoms with van der Waals surface area (Å²) in [6.07, 6.45) is 1.41. The molecule has 1 aromatic carbocycles. The molecule has 0 fully saturated rings. The molecule has 4 aromatic rings. The molecule has 0 atom stereocenters. The van der Waals surface area contributed by atoms with Crippen molar-refractivity contribution in [3.05, 3.63) is 83.5 Å². The number of aryl methyl sites for hydroxylation is 2. The van der Waals surface area contributed by atoms with Crippen LogP contribution >= 0.6 is 0 Å². The molecular weight excluding hydrogens is 385 g/mol. The summed E-state index contributed by atoms with van der Waals surface area (Å²) in [5.74, 6) is -0.147. The lowest BCUT2D eigenvalue weighted by Crippen LogP contribution is -2.25. The maximum atomic E-state index is 13.1. The number of carbonyl (C=O) groups excluding carboxylic acids is 1. The topological polar surface area (TPSA) is 98.5 Å². The van der Waals surface area contributed by atoms with Gasteiger partial charge in [-0.15, -0.1) is 10.2 Å². The molecule has 150 valence electrons. The fraction of sp³-hybridized carbons (Fsp3) is 0.143. The summed E-state index contributed by atoms with van der Waals surface area (Å²) in [5, 5.41) is 15.2. The average Bonchev–Trinajstić information content (AvgIpc) is 3.11. The number of rotatable bonds is 5. The molecule has 0 saturated carbocycles. The molecule has 0 aliphatic rings. The van der Waals surface area contributed by atoms with E-state index in [1.54, 1.807) is 35.0 Å². The van der Waals surface area contributed by atoms with Gasteiger partial charge in [0.15, 0.2) is 11.5 Å². The first kappa shape index (κ1) is 19.3. The monoisotopic (exact) mass is 403 g/mol. The number of hydrogen-bond donors (Lipinski definition) is 1. The van der Waals surface area contributed by atoms with Crippen LogP contribution in [0.15, 0.2) is 54.9 Å². The van der Waals surface area contributed by atoms with Crippen LogP contribution in [0.4, 0.5) is 4.39 Å². The van der Waals surface area contributed by atoms with Gasteiger partial charge in [0.25, 0.3) is 5.91 Å². The molecule has 3 heterocycles. The second-order valence-electron chi connectivity index (χ2n) is 6.70. The maximum absolute atomic E-state index is 13.1. The third kappa shape index (κ3) is 4.19. The van der Waals surface area contributed by atoms with Gasteiger partial charge in [-0.1, -0.05) is 0 Å². The lowest BCUT2D eigenvalue weighted by Gasteiger charge is -2.07. The Labute approximate surface area is 171 Å². The van der Waals surface area contributed by atoms with Crippen molar-refractivity contribution in [1.82, 2.24) is 35.3 Å². The Morgan fingerprint density at radius 1 is 1.03 bits per heavy atom. The average molecular weight is 403 g/mol. The highest BCUT2D eigenvalue weighted by atomic mass is 19.1. The highest BCUT2D eigenvalue weighted by Gasteiger charge is 2.11. The summed E-state index contributed by atoms with van der Waals surface area (Å²) >= 11 is 0. The third-order valence-corrected chi connectivity index (χ3v) is 4.40. The predicted octanol–water partition coefficient (Wildman–Crippen LogP) is 2.81. The van der Waals surface area contributed by atoms with E-state index < -0.39 is 0 Å². The molecule has 9 heteroatoms. The van der Waals surface area contributed by atoms with Crippen molar-refractivity contribution in [2.45, 2.75) is 20.4 Å². The molecule has 0 radical (unpaired) electrons. The van der Waals surface area contributed by atoms with Crippen LogP contribution in [0.5, 0.6) is 0 Å². The Morgan fingerprint density at radius 2 is 1.83 bits per heavy atom. The molecule has 0 unspecified atom stereocenters. The van der Waals surface area contributed by atoms with Crippen LogP contribution in [-0.2, 0) is 6.54 Å². The van der Waals surface area contributed by atoms with Gasteiger partial charge in [-0.2, -0.15) is 5.10 Å². The van der Waals surface area contributed by atoms with Gasteiger partial charge in [0.1, 0.15) is 12.1 Å². The van der Waals surface area contributed by atoms with Crippen molar-refractivity contribution in [3.8, 4) is 17.1 Å². The highest BCUT2D eigenvalue weighted by molar-refractivity contribution is 5.92. The van der Waals surface area contributed by atoms with Gasteiger partial charge in [0, 0.05) is 11.3 Å². The van der Waals surface area contributed by atoms with Crippen molar-refractivity contribution < 1.29 is 9.18 Å². The molecule has 1 amide bonds. The van der Waals surface area contributed by atoms with Crippen LogP contribution < -0.4 is 5.32 Å². The van der Waals surface area contributed by atoms with Gasteiger partial charge in [0.05, 0.1) is 23.6 Å². The summed E-state index contributed by atoms with van der Waals surface area (Å²) in [7, 11) is 0. The zero-order valence-electron chi connectivity index (χ0n) is 16.4. The number of hydrogen-bond acceptors (Lipinski definition) is 6. The summed E-state index contributed by atoms with van der Waals surface area (Å²) < 4.78 is 14.8. The lowest BCUT2D eigenvalue weighted by atomic mass is 10.1. The molecule has 0 aliphatic heterocycles. The second kappa shape index (κ2) is 8.16. The minimum Gasteiger partial charge on any atom is -0.345 e. The normalized spacial score (nSPS) is 10.8. The van der Waals surface area contributed by atoms with Crippen LogP contribution in [0.1, 0.15) is 27.6 Å². The molecule has 1 N–H and O–H groups in total. The van der Waals surface area contributed by atoms with E-state index in [4.69, 9.17) is 0 Å². The van der Waals surface area contributed by atoms with Crippen molar-refractivity contribution in [2.75, 3.05) is 0 Å². The van der Waals surface area contributed by atoms with Crippen molar-refractivity contribution in [1.29, 1.82) is 0 Å². The second-order valence-corrected chi connectivity index (χ2v) is 6.70. The fourth-order valence-corrected chi connectivity index (χ4v) is 2.95. The zero-order chi connectivity index (χ0) is 21.1. The number of amides is 1. The van der Waals surface area contributed by atoms with E-state index in [1.165, 1.54) is 18.5 Å². The van der Waals surface area contributed by atoms with Crippen LogP contribution in [0.2, 0.25) is 0 Å². The molecular formula is C21H18FN7O. The van der Waals surface area contributed by atoms with E-state index in [2.05, 4.69) is 30.6 Å². The lowest BCUT2D eigenvalue weighted by molar-refractivity contribution is 0.0944. The summed E-state index contributed by atoms with van der Waals surface area (Å²) in [4.78, 5) is 20.8. The first-order valence-electron chi connectivity index (χ1n) is 9.22. The largest absolute Gasteiger partial charge is 0.345 e. The quantitative estimate of drug-likeness (QED) is 0.550. The minimum absolute atomic E-state index is 0.188. The molecule has 0 saturated heterocycles. The molecule has 3 aromatic heterocycles. The Hall–Kier alpha value is -4.01. The summed E-state index contributed by atoms with van der Waals surface area (Å²) in [6.45, 7) is 4.01. The van der Waals surface area contributed by atoms with Gasteiger partial charge < -0.3 is 5.32 Å². The van der Waals surface area contributed by atoms with Crippen LogP contribution in [0.3, 0.4) is 0 Å². The van der Waals surface area contributed by atoms with Gasteiger partial charge >= 0.3 is 0 Å². The SMILES string of the molecule is Cc1cc(C)n(-c2ccc(C(=O)NCc3cc(-c4ccc(F)cc4)ncn3)nn2)n1. The molecule has 0 aliphatic carbocycles. The van der Waals surface area contributed by atoms with Gasteiger partial charge in [-0.05, 0) is 62.4 Å². The van der Waals surface area contributed by atoms with Crippen molar-refractivity contribution >= 4 is 5.91 Å². The van der Waals surface area contributed by atoms with Crippen LogP contribution in [0.25, 0.3) is 17.1 Å². The Morgan fingerprint density at radius 3 is 2.50 bits per heavy atom. The van der Waals surface area contributed by atoms with Crippen LogP contribution in [0, 0.1) is 19.7 Å². The third-order valence-electron chi connectivity index (χ3n) is 4.40. The van der Waals surface area contributed by atoms with Crippen LogP contribution in [-0.4, -0.2) is 35.9 Å². The Bertz CT molecular complexity index is 1190. The smallest absolute Gasteiger partial charge is 0.272 e. The standard InChI is InChI=1S/C21H18FN7O/c1-13-9-14(2)29(28-13)20-8-7-18(26-27-20)21(30)23-11-17-10-19(25-12-24-17)15-3-5-16(22)6-4-15/h3-10,12H,11H2,1-2H3,(H,23,30). The number of carbonyl (C=O) groups is 1. The molecule has 0 bridgehead atoms. The number of nitrogens with zero attached hydrogens (tertiary/aromatic N) is 6. The summed E-state index contributed by atoms with van der Waals surface area (Å²) in [5.41, 5.74) is 4.01. The van der Waals surface area contributed by atoms with Gasteiger partial charge in [0.2, 0.25) is 0 Å². The van der Waals surface area contributed by atoms with E-state index in [1.807, 2.05) is 19.9 Å². The first-order chi connectivity index (χ1) is 14.5. The predicted molar refractivity (Wildman–Crippen MR) is 107 cm³/mol. The Kier molecular flexibility index (Phi) is 5.25. The zero-order valence-corrected chi connectivity index (χ0v) is 16.4. The minimum atomic E-state index is -0.371. The van der Waals surface area contributed by atoms with E-state index in [0.717, 1.165) is 17.0 Å². The summed E-state index contributed by atoms with van der Waals surface area (Å²) in [6, 6.07) is 13.0. The highest BCUT2D eigenvalue weighted by Crippen LogP contribution is 2.17. The van der Waals surface area contributed by atoms with Gasteiger partial charge in [-0.25, -0.2) is 19.0 Å². The van der Waals surface area contributed by atoms with E-state index in [-0.39, 0.29) is 24.0 Å². The number of halogens is 1. The maximum Gasteiger partial charge on any atom is 0.272 e. The first-order valence-corrected chi connectivity index (χ1v) is 9.22.